The second-order valence-electron chi connectivity index (χ2n) is 2.71. The van der Waals surface area contributed by atoms with Crippen LogP contribution >= 0.6 is 11.6 Å². The molecule has 0 amide bonds. The van der Waals surface area contributed by atoms with E-state index < -0.39 is 4.87 Å². The van der Waals surface area contributed by atoms with E-state index in [0.29, 0.717) is 0 Å². The van der Waals surface area contributed by atoms with Crippen LogP contribution in [0.3, 0.4) is 0 Å². The molecule has 0 aliphatic carbocycles. The Labute approximate surface area is 69.9 Å². The van der Waals surface area contributed by atoms with E-state index in [0.717, 1.165) is 11.4 Å². The number of hydrogen-bond donors (Lipinski definition) is 0. The zero-order valence-corrected chi connectivity index (χ0v) is 6.84. The third kappa shape index (κ3) is 0.942. The largest absolute Gasteiger partial charge is 0.239 e. The Morgan fingerprint density at radius 1 is 1.55 bits per heavy atom. The molecule has 2 heterocycles. The summed E-state index contributed by atoms with van der Waals surface area (Å²) in [6.45, 7) is 1.91. The summed E-state index contributed by atoms with van der Waals surface area (Å²) < 4.78 is 0. The van der Waals surface area contributed by atoms with Gasteiger partial charge in [0, 0.05) is 18.0 Å². The molecule has 1 aliphatic heterocycles. The molecule has 1 aromatic rings. The first-order valence-corrected chi connectivity index (χ1v) is 3.77. The molecule has 0 N–H and O–H groups in total. The Hall–Kier alpha value is -0.890. The average molecular weight is 167 g/mol. The van der Waals surface area contributed by atoms with Gasteiger partial charge in [-0.1, -0.05) is 6.07 Å². The van der Waals surface area contributed by atoms with Crippen LogP contribution in [-0.4, -0.2) is 11.2 Å². The standard InChI is InChI=1S/C8H7ClN2/c1-8(9)5-11-7-6(8)3-2-4-10-7/h2-5H,1H3. The zero-order chi connectivity index (χ0) is 7.90. The van der Waals surface area contributed by atoms with E-state index in [2.05, 4.69) is 9.98 Å². The number of fused-ring (bicyclic) bond motifs is 1. The summed E-state index contributed by atoms with van der Waals surface area (Å²) in [5.74, 6) is 0.741. The quantitative estimate of drug-likeness (QED) is 0.543. The summed E-state index contributed by atoms with van der Waals surface area (Å²) in [5.41, 5.74) is 0.988. The molecule has 1 unspecified atom stereocenters. The van der Waals surface area contributed by atoms with Gasteiger partial charge in [-0.2, -0.15) is 0 Å². The molecular weight excluding hydrogens is 160 g/mol. The number of hydrogen-bond acceptors (Lipinski definition) is 2. The van der Waals surface area contributed by atoms with E-state index in [1.165, 1.54) is 0 Å². The van der Waals surface area contributed by atoms with E-state index in [9.17, 15) is 0 Å². The minimum Gasteiger partial charge on any atom is -0.239 e. The fourth-order valence-corrected chi connectivity index (χ4v) is 1.33. The van der Waals surface area contributed by atoms with E-state index >= 15 is 0 Å². The summed E-state index contributed by atoms with van der Waals surface area (Å²) in [7, 11) is 0. The number of pyridine rings is 1. The molecular formula is C8H7ClN2. The normalized spacial score (nSPS) is 27.1. The SMILES string of the molecule is CC1(Cl)C=Nc2ncccc21. The summed E-state index contributed by atoms with van der Waals surface area (Å²) >= 11 is 6.11. The number of halogens is 1. The molecule has 3 heteroatoms. The van der Waals surface area contributed by atoms with Crippen LogP contribution < -0.4 is 0 Å². The molecule has 0 saturated carbocycles. The lowest BCUT2D eigenvalue weighted by Crippen LogP contribution is -2.10. The van der Waals surface area contributed by atoms with Crippen molar-refractivity contribution in [3.63, 3.8) is 0 Å². The van der Waals surface area contributed by atoms with Gasteiger partial charge in [0.25, 0.3) is 0 Å². The van der Waals surface area contributed by atoms with Crippen molar-refractivity contribution in [2.75, 3.05) is 0 Å². The molecule has 1 atom stereocenters. The first-order chi connectivity index (χ1) is 5.20. The van der Waals surface area contributed by atoms with Gasteiger partial charge in [0.05, 0.1) is 0 Å². The lowest BCUT2D eigenvalue weighted by atomic mass is 10.1. The van der Waals surface area contributed by atoms with Gasteiger partial charge in [-0.05, 0) is 13.0 Å². The molecule has 0 spiro atoms. The van der Waals surface area contributed by atoms with Gasteiger partial charge in [0.15, 0.2) is 5.82 Å². The van der Waals surface area contributed by atoms with Gasteiger partial charge in [0.2, 0.25) is 0 Å². The highest BCUT2D eigenvalue weighted by Crippen LogP contribution is 2.37. The first-order valence-electron chi connectivity index (χ1n) is 3.40. The highest BCUT2D eigenvalue weighted by Gasteiger charge is 2.29. The van der Waals surface area contributed by atoms with Crippen molar-refractivity contribution in [1.29, 1.82) is 0 Å². The van der Waals surface area contributed by atoms with Crippen LogP contribution in [0, 0.1) is 0 Å². The molecule has 0 fully saturated rings. The van der Waals surface area contributed by atoms with E-state index in [4.69, 9.17) is 11.6 Å². The van der Waals surface area contributed by atoms with Crippen molar-refractivity contribution in [2.24, 2.45) is 4.99 Å². The highest BCUT2D eigenvalue weighted by atomic mass is 35.5. The summed E-state index contributed by atoms with van der Waals surface area (Å²) in [6.07, 6.45) is 3.43. The van der Waals surface area contributed by atoms with Gasteiger partial charge in [-0.15, -0.1) is 11.6 Å². The van der Waals surface area contributed by atoms with E-state index in [1.807, 2.05) is 19.1 Å². The monoisotopic (exact) mass is 166 g/mol. The van der Waals surface area contributed by atoms with Crippen LogP contribution in [0.5, 0.6) is 0 Å². The van der Waals surface area contributed by atoms with Gasteiger partial charge in [-0.3, -0.25) is 0 Å². The number of aliphatic imine (C=N–C) groups is 1. The number of alkyl halides is 1. The molecule has 1 aliphatic rings. The Kier molecular flexibility index (Phi) is 1.26. The fraction of sp³-hybridized carbons (Fsp3) is 0.250. The van der Waals surface area contributed by atoms with Crippen LogP contribution in [0.25, 0.3) is 0 Å². The average Bonchev–Trinajstić information content (AvgIpc) is 2.29. The van der Waals surface area contributed by atoms with Gasteiger partial charge >= 0.3 is 0 Å². The second-order valence-corrected chi connectivity index (χ2v) is 3.49. The summed E-state index contributed by atoms with van der Waals surface area (Å²) in [6, 6.07) is 3.82. The van der Waals surface area contributed by atoms with Gasteiger partial charge in [0.1, 0.15) is 4.87 Å². The minimum absolute atomic E-state index is 0.455. The zero-order valence-electron chi connectivity index (χ0n) is 6.08. The maximum absolute atomic E-state index is 6.11. The maximum atomic E-state index is 6.11. The van der Waals surface area contributed by atoms with Crippen molar-refractivity contribution in [3.8, 4) is 0 Å². The maximum Gasteiger partial charge on any atom is 0.156 e. The van der Waals surface area contributed by atoms with Gasteiger partial charge < -0.3 is 0 Å². The first kappa shape index (κ1) is 6.80. The van der Waals surface area contributed by atoms with Crippen molar-refractivity contribution in [2.45, 2.75) is 11.8 Å². The molecule has 2 nitrogen and oxygen atoms in total. The van der Waals surface area contributed by atoms with Crippen molar-refractivity contribution in [1.82, 2.24) is 4.98 Å². The Morgan fingerprint density at radius 2 is 2.36 bits per heavy atom. The number of nitrogens with zero attached hydrogens (tertiary/aromatic N) is 2. The summed E-state index contributed by atoms with van der Waals surface area (Å²) in [4.78, 5) is 7.70. The molecule has 0 saturated heterocycles. The highest BCUT2D eigenvalue weighted by molar-refractivity contribution is 6.33. The molecule has 0 aromatic carbocycles. The van der Waals surface area contributed by atoms with E-state index in [1.54, 1.807) is 12.4 Å². The molecule has 56 valence electrons. The number of rotatable bonds is 0. The number of aromatic nitrogens is 1. The van der Waals surface area contributed by atoms with Crippen LogP contribution in [0.4, 0.5) is 5.82 Å². The molecule has 0 radical (unpaired) electrons. The smallest absolute Gasteiger partial charge is 0.156 e. The predicted molar refractivity (Wildman–Crippen MR) is 45.6 cm³/mol. The molecule has 11 heavy (non-hydrogen) atoms. The minimum atomic E-state index is -0.455. The van der Waals surface area contributed by atoms with Crippen LogP contribution in [0.15, 0.2) is 23.3 Å². The third-order valence-electron chi connectivity index (χ3n) is 1.74. The van der Waals surface area contributed by atoms with Crippen molar-refractivity contribution < 1.29 is 0 Å². The lowest BCUT2D eigenvalue weighted by Gasteiger charge is -2.10. The summed E-state index contributed by atoms with van der Waals surface area (Å²) in [5, 5.41) is 0. The van der Waals surface area contributed by atoms with Crippen LogP contribution in [-0.2, 0) is 4.87 Å². The topological polar surface area (TPSA) is 25.2 Å². The van der Waals surface area contributed by atoms with Crippen molar-refractivity contribution >= 4 is 23.6 Å². The Morgan fingerprint density at radius 3 is 3.09 bits per heavy atom. The molecule has 2 rings (SSSR count). The van der Waals surface area contributed by atoms with Crippen LogP contribution in [0.2, 0.25) is 0 Å². The fourth-order valence-electron chi connectivity index (χ4n) is 1.13. The van der Waals surface area contributed by atoms with Crippen molar-refractivity contribution in [3.05, 3.63) is 23.9 Å². The molecule has 1 aromatic heterocycles. The Bertz CT molecular complexity index is 318. The third-order valence-corrected chi connectivity index (χ3v) is 2.04. The lowest BCUT2D eigenvalue weighted by molar-refractivity contribution is 0.959. The Balaban J connectivity index is 2.64. The predicted octanol–water partition coefficient (Wildman–Crippen LogP) is 2.25. The van der Waals surface area contributed by atoms with Gasteiger partial charge in [-0.25, -0.2) is 9.98 Å². The second kappa shape index (κ2) is 2.05. The van der Waals surface area contributed by atoms with E-state index in [-0.39, 0.29) is 0 Å². The molecule has 0 bridgehead atoms. The van der Waals surface area contributed by atoms with Crippen LogP contribution in [0.1, 0.15) is 12.5 Å².